The molecule has 4 rings (SSSR count). The molecular formula is C18H19N3O2S3. The summed E-state index contributed by atoms with van der Waals surface area (Å²) in [4.78, 5) is 20.0. The molecular weight excluding hydrogens is 386 g/mol. The molecule has 3 aromatic heterocycles. The van der Waals surface area contributed by atoms with Gasteiger partial charge in [0.1, 0.15) is 0 Å². The number of aromatic nitrogens is 2. The van der Waals surface area contributed by atoms with Crippen LogP contribution in [0.15, 0.2) is 39.7 Å². The molecule has 0 aliphatic carbocycles. The fourth-order valence-corrected chi connectivity index (χ4v) is 5.34. The molecule has 1 atom stereocenters. The number of nitrogens with zero attached hydrogens (tertiary/aromatic N) is 3. The average molecular weight is 406 g/mol. The maximum Gasteiger partial charge on any atom is 0.232 e. The van der Waals surface area contributed by atoms with Crippen molar-refractivity contribution in [2.75, 3.05) is 18.8 Å². The van der Waals surface area contributed by atoms with Crippen LogP contribution in [0.4, 0.5) is 0 Å². The number of hydrogen-bond donors (Lipinski definition) is 0. The first-order valence-corrected chi connectivity index (χ1v) is 11.5. The smallest absolute Gasteiger partial charge is 0.232 e. The Morgan fingerprint density at radius 3 is 3.15 bits per heavy atom. The lowest BCUT2D eigenvalue weighted by molar-refractivity contribution is -0.129. The van der Waals surface area contributed by atoms with E-state index in [0.717, 1.165) is 47.3 Å². The van der Waals surface area contributed by atoms with Crippen molar-refractivity contribution in [1.29, 1.82) is 0 Å². The monoisotopic (exact) mass is 405 g/mol. The van der Waals surface area contributed by atoms with Crippen LogP contribution in [-0.4, -0.2) is 39.8 Å². The Morgan fingerprint density at radius 2 is 2.35 bits per heavy atom. The zero-order valence-electron chi connectivity index (χ0n) is 14.2. The number of thioether (sulfide) groups is 1. The maximum atomic E-state index is 12.5. The standard InChI is InChI=1S/C18H19N3O2S3/c22-17(21-6-1-3-13(10-21)18-19-5-8-26-18)12-24-11-14-9-15(23-20-14)16-4-2-7-25-16/h2,4-5,7-9,13H,1,3,6,10-12H2. The lowest BCUT2D eigenvalue weighted by Crippen LogP contribution is -2.40. The van der Waals surface area contributed by atoms with Gasteiger partial charge in [0.15, 0.2) is 5.76 Å². The van der Waals surface area contributed by atoms with Gasteiger partial charge in [-0.15, -0.1) is 34.4 Å². The van der Waals surface area contributed by atoms with Crippen molar-refractivity contribution in [3.8, 4) is 10.6 Å². The SMILES string of the molecule is O=C(CSCc1cc(-c2cccs2)on1)N1CCCC(c2nccs2)C1. The van der Waals surface area contributed by atoms with Crippen molar-refractivity contribution >= 4 is 40.3 Å². The molecule has 1 aliphatic rings. The third-order valence-corrected chi connectivity index (χ3v) is 7.15. The van der Waals surface area contributed by atoms with E-state index in [2.05, 4.69) is 10.1 Å². The zero-order chi connectivity index (χ0) is 17.8. The topological polar surface area (TPSA) is 59.2 Å². The summed E-state index contributed by atoms with van der Waals surface area (Å²) >= 11 is 4.91. The van der Waals surface area contributed by atoms with E-state index in [0.29, 0.717) is 17.4 Å². The van der Waals surface area contributed by atoms with Crippen LogP contribution in [0.5, 0.6) is 0 Å². The Labute approximate surface area is 164 Å². The van der Waals surface area contributed by atoms with Crippen LogP contribution in [0.3, 0.4) is 0 Å². The van der Waals surface area contributed by atoms with E-state index < -0.39 is 0 Å². The van der Waals surface area contributed by atoms with Crippen molar-refractivity contribution in [2.45, 2.75) is 24.5 Å². The maximum absolute atomic E-state index is 12.5. The van der Waals surface area contributed by atoms with Crippen LogP contribution in [0.1, 0.15) is 29.5 Å². The number of carbonyl (C=O) groups excluding carboxylic acids is 1. The van der Waals surface area contributed by atoms with Gasteiger partial charge in [-0.1, -0.05) is 11.2 Å². The molecule has 0 aromatic carbocycles. The summed E-state index contributed by atoms with van der Waals surface area (Å²) in [6.07, 6.45) is 4.02. The number of carbonyl (C=O) groups is 1. The Hall–Kier alpha value is -1.64. The van der Waals surface area contributed by atoms with Gasteiger partial charge in [-0.2, -0.15) is 0 Å². The van der Waals surface area contributed by atoms with Gasteiger partial charge in [0.25, 0.3) is 0 Å². The summed E-state index contributed by atoms with van der Waals surface area (Å²) in [5, 5.41) is 9.28. The highest BCUT2D eigenvalue weighted by Gasteiger charge is 2.26. The fourth-order valence-electron chi connectivity index (χ4n) is 3.09. The van der Waals surface area contributed by atoms with Crippen LogP contribution in [0, 0.1) is 0 Å². The van der Waals surface area contributed by atoms with Crippen molar-refractivity contribution in [3.63, 3.8) is 0 Å². The minimum Gasteiger partial charge on any atom is -0.355 e. The summed E-state index contributed by atoms with van der Waals surface area (Å²) in [5.74, 6) is 2.56. The molecule has 0 bridgehead atoms. The van der Waals surface area contributed by atoms with Crippen molar-refractivity contribution in [1.82, 2.24) is 15.0 Å². The summed E-state index contributed by atoms with van der Waals surface area (Å²) in [5.41, 5.74) is 0.880. The molecule has 3 aromatic rings. The van der Waals surface area contributed by atoms with Crippen molar-refractivity contribution < 1.29 is 9.32 Å². The molecule has 0 N–H and O–H groups in total. The number of amides is 1. The second-order valence-corrected chi connectivity index (χ2v) is 9.06. The predicted molar refractivity (Wildman–Crippen MR) is 107 cm³/mol. The molecule has 0 saturated carbocycles. The van der Waals surface area contributed by atoms with Gasteiger partial charge >= 0.3 is 0 Å². The number of rotatable bonds is 6. The Morgan fingerprint density at radius 1 is 1.38 bits per heavy atom. The normalized spacial score (nSPS) is 17.5. The van der Waals surface area contributed by atoms with E-state index in [1.165, 1.54) is 0 Å². The number of thiazole rings is 1. The first kappa shape index (κ1) is 17.8. The van der Waals surface area contributed by atoms with E-state index in [-0.39, 0.29) is 5.91 Å². The molecule has 8 heteroatoms. The molecule has 5 nitrogen and oxygen atoms in total. The molecule has 1 unspecified atom stereocenters. The third-order valence-electron chi connectivity index (χ3n) is 4.37. The summed E-state index contributed by atoms with van der Waals surface area (Å²) in [6, 6.07) is 5.97. The molecule has 1 amide bonds. The number of hydrogen-bond acceptors (Lipinski definition) is 7. The van der Waals surface area contributed by atoms with Crippen molar-refractivity contribution in [3.05, 3.63) is 45.9 Å². The third kappa shape index (κ3) is 4.19. The van der Waals surface area contributed by atoms with E-state index in [9.17, 15) is 4.79 Å². The lowest BCUT2D eigenvalue weighted by Gasteiger charge is -2.31. The molecule has 1 saturated heterocycles. The quantitative estimate of drug-likeness (QED) is 0.604. The average Bonchev–Trinajstić information content (AvgIpc) is 3.43. The molecule has 136 valence electrons. The Balaban J connectivity index is 1.26. The fraction of sp³-hybridized carbons (Fsp3) is 0.389. The van der Waals surface area contributed by atoms with E-state index >= 15 is 0 Å². The minimum absolute atomic E-state index is 0.207. The van der Waals surface area contributed by atoms with Crippen LogP contribution in [0.25, 0.3) is 10.6 Å². The summed E-state index contributed by atoms with van der Waals surface area (Å²) in [6.45, 7) is 1.65. The number of piperidine rings is 1. The molecule has 26 heavy (non-hydrogen) atoms. The summed E-state index contributed by atoms with van der Waals surface area (Å²) < 4.78 is 5.38. The number of thiophene rings is 1. The highest BCUT2D eigenvalue weighted by molar-refractivity contribution is 7.99. The van der Waals surface area contributed by atoms with Crippen LogP contribution in [0.2, 0.25) is 0 Å². The molecule has 1 aliphatic heterocycles. The highest BCUT2D eigenvalue weighted by Crippen LogP contribution is 2.29. The van der Waals surface area contributed by atoms with Gasteiger partial charge in [-0.05, 0) is 24.3 Å². The second-order valence-electron chi connectivity index (χ2n) is 6.20. The first-order valence-electron chi connectivity index (χ1n) is 8.54. The van der Waals surface area contributed by atoms with Gasteiger partial charge in [-0.3, -0.25) is 4.79 Å². The van der Waals surface area contributed by atoms with Gasteiger partial charge in [-0.25, -0.2) is 4.98 Å². The Kier molecular flexibility index (Phi) is 5.72. The van der Waals surface area contributed by atoms with Crippen LogP contribution >= 0.6 is 34.4 Å². The molecule has 0 spiro atoms. The Bertz CT molecular complexity index is 830. The molecule has 1 fully saturated rings. The molecule has 0 radical (unpaired) electrons. The van der Waals surface area contributed by atoms with E-state index in [1.807, 2.05) is 40.1 Å². The van der Waals surface area contributed by atoms with Crippen molar-refractivity contribution in [2.24, 2.45) is 0 Å². The van der Waals surface area contributed by atoms with Gasteiger partial charge in [0.2, 0.25) is 5.91 Å². The number of likely N-dealkylation sites (tertiary alicyclic amines) is 1. The highest BCUT2D eigenvalue weighted by atomic mass is 32.2. The lowest BCUT2D eigenvalue weighted by atomic mass is 9.99. The van der Waals surface area contributed by atoms with Gasteiger partial charge in [0, 0.05) is 42.4 Å². The van der Waals surface area contributed by atoms with Gasteiger partial charge in [0.05, 0.1) is 21.3 Å². The van der Waals surface area contributed by atoms with Gasteiger partial charge < -0.3 is 9.42 Å². The summed E-state index contributed by atoms with van der Waals surface area (Å²) in [7, 11) is 0. The first-order chi connectivity index (χ1) is 12.8. The van der Waals surface area contributed by atoms with E-state index in [1.54, 1.807) is 34.4 Å². The van der Waals surface area contributed by atoms with Crippen LogP contribution in [-0.2, 0) is 10.5 Å². The van der Waals surface area contributed by atoms with E-state index in [4.69, 9.17) is 4.52 Å². The zero-order valence-corrected chi connectivity index (χ0v) is 16.6. The van der Waals surface area contributed by atoms with Crippen LogP contribution < -0.4 is 0 Å². The second kappa shape index (κ2) is 8.37. The molecule has 4 heterocycles. The minimum atomic E-state index is 0.207. The largest absolute Gasteiger partial charge is 0.355 e. The predicted octanol–water partition coefficient (Wildman–Crippen LogP) is 4.50.